The van der Waals surface area contributed by atoms with E-state index >= 15 is 0 Å². The van der Waals surface area contributed by atoms with Gasteiger partial charge in [-0.3, -0.25) is 9.78 Å². The van der Waals surface area contributed by atoms with Crippen LogP contribution in [-0.4, -0.2) is 44.8 Å². The summed E-state index contributed by atoms with van der Waals surface area (Å²) in [5.74, 6) is 0.688. The predicted octanol–water partition coefficient (Wildman–Crippen LogP) is 3.93. The summed E-state index contributed by atoms with van der Waals surface area (Å²) < 4.78 is 14.7. The number of hydrogen-bond acceptors (Lipinski definition) is 3. The van der Waals surface area contributed by atoms with Crippen LogP contribution in [0.1, 0.15) is 59.8 Å². The third-order valence-corrected chi connectivity index (χ3v) is 7.64. The van der Waals surface area contributed by atoms with E-state index in [9.17, 15) is 9.00 Å². The van der Waals surface area contributed by atoms with Gasteiger partial charge in [-0.2, -0.15) is 0 Å². The molecule has 30 heavy (non-hydrogen) atoms. The SMILES string of the molecule is CCCCS(=O)N1CCC(CNC(=O)c2ccc(C)cc2C)(c2ccccn2)CC1. The van der Waals surface area contributed by atoms with E-state index in [0.717, 1.165) is 66.9 Å². The summed E-state index contributed by atoms with van der Waals surface area (Å²) in [6.45, 7) is 8.17. The first-order chi connectivity index (χ1) is 14.4. The summed E-state index contributed by atoms with van der Waals surface area (Å²) in [4.78, 5) is 17.5. The van der Waals surface area contributed by atoms with Crippen LogP contribution in [0, 0.1) is 13.8 Å². The minimum atomic E-state index is -0.918. The molecule has 0 bridgehead atoms. The molecule has 1 aliphatic rings. The Labute approximate surface area is 182 Å². The van der Waals surface area contributed by atoms with Gasteiger partial charge in [0, 0.05) is 48.3 Å². The number of pyridine rings is 1. The van der Waals surface area contributed by atoms with Crippen LogP contribution in [0.4, 0.5) is 0 Å². The topological polar surface area (TPSA) is 62.3 Å². The Balaban J connectivity index is 1.73. The van der Waals surface area contributed by atoms with Gasteiger partial charge in [0.1, 0.15) is 0 Å². The van der Waals surface area contributed by atoms with Crippen molar-refractivity contribution in [2.24, 2.45) is 0 Å². The number of amides is 1. The van der Waals surface area contributed by atoms with Gasteiger partial charge in [-0.15, -0.1) is 0 Å². The maximum atomic E-state index is 12.9. The highest BCUT2D eigenvalue weighted by Crippen LogP contribution is 2.34. The fourth-order valence-electron chi connectivity index (χ4n) is 4.13. The van der Waals surface area contributed by atoms with Crippen molar-refractivity contribution < 1.29 is 9.00 Å². The number of carbonyl (C=O) groups excluding carboxylic acids is 1. The highest BCUT2D eigenvalue weighted by atomic mass is 32.2. The lowest BCUT2D eigenvalue weighted by Gasteiger charge is -2.41. The zero-order chi connectivity index (χ0) is 21.6. The molecule has 1 unspecified atom stereocenters. The standard InChI is InChI=1S/C24H33N3O2S/c1-4-5-16-30(29)27-14-11-24(12-15-27,22-8-6-7-13-25-22)18-26-23(28)21-10-9-19(2)17-20(21)3/h6-10,13,17H,4-5,11-12,14-16,18H2,1-3H3,(H,26,28). The van der Waals surface area contributed by atoms with Gasteiger partial charge in [-0.05, 0) is 56.9 Å². The van der Waals surface area contributed by atoms with Crippen molar-refractivity contribution >= 4 is 16.9 Å². The lowest BCUT2D eigenvalue weighted by molar-refractivity contribution is 0.0932. The molecule has 0 spiro atoms. The molecule has 1 atom stereocenters. The molecule has 6 heteroatoms. The summed E-state index contributed by atoms with van der Waals surface area (Å²) in [5, 5.41) is 3.17. The molecule has 1 aromatic heterocycles. The summed E-state index contributed by atoms with van der Waals surface area (Å²) in [6, 6.07) is 11.9. The zero-order valence-corrected chi connectivity index (χ0v) is 19.1. The third kappa shape index (κ3) is 5.35. The Morgan fingerprint density at radius 2 is 1.97 bits per heavy atom. The van der Waals surface area contributed by atoms with E-state index in [4.69, 9.17) is 0 Å². The molecule has 2 aromatic rings. The molecule has 1 aromatic carbocycles. The van der Waals surface area contributed by atoms with Crippen molar-refractivity contribution in [2.75, 3.05) is 25.4 Å². The molecular weight excluding hydrogens is 394 g/mol. The van der Waals surface area contributed by atoms with E-state index in [1.807, 2.05) is 56.4 Å². The number of rotatable bonds is 8. The van der Waals surface area contributed by atoms with Crippen LogP contribution in [0.5, 0.6) is 0 Å². The number of hydrogen-bond donors (Lipinski definition) is 1. The molecule has 1 aliphatic heterocycles. The van der Waals surface area contributed by atoms with Crippen molar-refractivity contribution in [3.05, 3.63) is 65.0 Å². The summed E-state index contributed by atoms with van der Waals surface area (Å²) in [6.07, 6.45) is 5.52. The second kappa shape index (κ2) is 10.3. The first-order valence-corrected chi connectivity index (χ1v) is 12.1. The first kappa shape index (κ1) is 22.6. The van der Waals surface area contributed by atoms with Crippen LogP contribution in [0.15, 0.2) is 42.6 Å². The Morgan fingerprint density at radius 1 is 1.20 bits per heavy atom. The van der Waals surface area contributed by atoms with Gasteiger partial charge < -0.3 is 5.32 Å². The highest BCUT2D eigenvalue weighted by molar-refractivity contribution is 7.82. The van der Waals surface area contributed by atoms with Gasteiger partial charge in [-0.1, -0.05) is 37.1 Å². The number of benzene rings is 1. The highest BCUT2D eigenvalue weighted by Gasteiger charge is 2.39. The van der Waals surface area contributed by atoms with Crippen molar-refractivity contribution in [3.8, 4) is 0 Å². The van der Waals surface area contributed by atoms with Gasteiger partial charge in [0.2, 0.25) is 0 Å². The van der Waals surface area contributed by atoms with E-state index < -0.39 is 11.0 Å². The van der Waals surface area contributed by atoms with Crippen LogP contribution in [0.25, 0.3) is 0 Å². The Morgan fingerprint density at radius 3 is 2.60 bits per heavy atom. The van der Waals surface area contributed by atoms with Crippen LogP contribution in [0.3, 0.4) is 0 Å². The fraction of sp³-hybridized carbons (Fsp3) is 0.500. The summed E-state index contributed by atoms with van der Waals surface area (Å²) in [5.41, 5.74) is 3.62. The average molecular weight is 428 g/mol. The molecule has 3 rings (SSSR count). The van der Waals surface area contributed by atoms with E-state index in [2.05, 4.69) is 21.5 Å². The van der Waals surface area contributed by atoms with Gasteiger partial charge in [0.25, 0.3) is 5.91 Å². The molecule has 1 saturated heterocycles. The average Bonchev–Trinajstić information content (AvgIpc) is 2.77. The van der Waals surface area contributed by atoms with Crippen molar-refractivity contribution in [2.45, 2.75) is 51.9 Å². The predicted molar refractivity (Wildman–Crippen MR) is 123 cm³/mol. The molecule has 1 N–H and O–H groups in total. The largest absolute Gasteiger partial charge is 0.351 e. The Hall–Kier alpha value is -2.05. The van der Waals surface area contributed by atoms with Crippen LogP contribution >= 0.6 is 0 Å². The minimum Gasteiger partial charge on any atom is -0.351 e. The van der Waals surface area contributed by atoms with Crippen molar-refractivity contribution in [1.29, 1.82) is 0 Å². The van der Waals surface area contributed by atoms with E-state index in [0.29, 0.717) is 6.54 Å². The summed E-state index contributed by atoms with van der Waals surface area (Å²) in [7, 11) is -0.918. The van der Waals surface area contributed by atoms with E-state index in [1.165, 1.54) is 0 Å². The number of piperidine rings is 1. The quantitative estimate of drug-likeness (QED) is 0.694. The second-order valence-electron chi connectivity index (χ2n) is 8.30. The van der Waals surface area contributed by atoms with Gasteiger partial charge in [0.15, 0.2) is 0 Å². The van der Waals surface area contributed by atoms with Crippen LogP contribution in [0.2, 0.25) is 0 Å². The number of carbonyl (C=O) groups is 1. The van der Waals surface area contributed by atoms with E-state index in [1.54, 1.807) is 0 Å². The molecule has 5 nitrogen and oxygen atoms in total. The van der Waals surface area contributed by atoms with Gasteiger partial charge >= 0.3 is 0 Å². The summed E-state index contributed by atoms with van der Waals surface area (Å²) >= 11 is 0. The Kier molecular flexibility index (Phi) is 7.78. The lowest BCUT2D eigenvalue weighted by Crippen LogP contribution is -2.50. The zero-order valence-electron chi connectivity index (χ0n) is 18.3. The molecule has 1 fully saturated rings. The molecule has 0 radical (unpaired) electrons. The number of nitrogens with one attached hydrogen (secondary N) is 1. The van der Waals surface area contributed by atoms with Gasteiger partial charge in [-0.25, -0.2) is 8.51 Å². The molecular formula is C24H33N3O2S. The van der Waals surface area contributed by atoms with Crippen LogP contribution in [-0.2, 0) is 16.4 Å². The van der Waals surface area contributed by atoms with Crippen molar-refractivity contribution in [3.63, 3.8) is 0 Å². The first-order valence-electron chi connectivity index (χ1n) is 10.9. The lowest BCUT2D eigenvalue weighted by atomic mass is 9.75. The maximum Gasteiger partial charge on any atom is 0.251 e. The fourth-order valence-corrected chi connectivity index (χ4v) is 5.51. The molecule has 0 aliphatic carbocycles. The van der Waals surface area contributed by atoms with Crippen LogP contribution < -0.4 is 5.32 Å². The van der Waals surface area contributed by atoms with Gasteiger partial charge in [0.05, 0.1) is 11.0 Å². The maximum absolute atomic E-state index is 12.9. The number of aryl methyl sites for hydroxylation is 2. The molecule has 0 saturated carbocycles. The van der Waals surface area contributed by atoms with Crippen molar-refractivity contribution in [1.82, 2.24) is 14.6 Å². The normalized spacial score (nSPS) is 17.4. The Bertz CT molecular complexity index is 877. The number of unbranched alkanes of at least 4 members (excludes halogenated alkanes) is 1. The number of nitrogens with zero attached hydrogens (tertiary/aromatic N) is 2. The monoisotopic (exact) mass is 427 g/mol. The number of aromatic nitrogens is 1. The van der Waals surface area contributed by atoms with E-state index in [-0.39, 0.29) is 11.3 Å². The second-order valence-corrected chi connectivity index (χ2v) is 9.87. The molecule has 1 amide bonds. The molecule has 162 valence electrons. The smallest absolute Gasteiger partial charge is 0.251 e. The molecule has 2 heterocycles. The minimum absolute atomic E-state index is 0.0447. The third-order valence-electron chi connectivity index (χ3n) is 6.06.